The number of ether oxygens (including phenoxy) is 5. The summed E-state index contributed by atoms with van der Waals surface area (Å²) in [6, 6.07) is -0.359. The number of cyclic esters (lactones) is 1. The van der Waals surface area contributed by atoms with Crippen LogP contribution < -0.4 is 10.6 Å². The zero-order valence-electron chi connectivity index (χ0n) is 29.3. The van der Waals surface area contributed by atoms with E-state index < -0.39 is 53.6 Å². The number of fused-ring (bicyclic) bond motifs is 1. The molecule has 45 heavy (non-hydrogen) atoms. The highest BCUT2D eigenvalue weighted by molar-refractivity contribution is 6.00. The number of esters is 2. The summed E-state index contributed by atoms with van der Waals surface area (Å²) in [4.78, 5) is 42.2. The molecule has 3 N–H and O–H groups in total. The Labute approximate surface area is 269 Å². The van der Waals surface area contributed by atoms with Crippen LogP contribution in [0, 0.1) is 23.7 Å². The first-order valence-electron chi connectivity index (χ1n) is 16.6. The molecule has 0 aromatic carbocycles. The van der Waals surface area contributed by atoms with Crippen molar-refractivity contribution < 1.29 is 43.2 Å². The Kier molecular flexibility index (Phi) is 13.0. The Morgan fingerprint density at radius 2 is 1.80 bits per heavy atom. The van der Waals surface area contributed by atoms with Crippen molar-refractivity contribution in [2.45, 2.75) is 128 Å². The maximum atomic E-state index is 14.1. The van der Waals surface area contributed by atoms with Crippen LogP contribution in [0.2, 0.25) is 0 Å². The van der Waals surface area contributed by atoms with Crippen LogP contribution in [0.3, 0.4) is 0 Å². The van der Waals surface area contributed by atoms with E-state index in [-0.39, 0.29) is 48.2 Å². The third-order valence-corrected chi connectivity index (χ3v) is 10.5. The standard InChI is InChI=1S/C33H59N3O9/c1-12-25-33(7)23(14-26(37)45-33)21(5)35-16-18(2)15-32(6,41-11)29(19(3)27(38)20(4)30(40)43-25)44-31-28(39)24(36(9)10)13-22(42-31)17-34-8/h18-25,28-29,31,34-35,39H,12-17H2,1-11H3/t18-,19+,20?,21-,22?,23-,24?,25-,28?,29-,31?,32-,33+/m1/s1. The van der Waals surface area contributed by atoms with E-state index in [4.69, 9.17) is 23.7 Å². The van der Waals surface area contributed by atoms with Gasteiger partial charge in [-0.25, -0.2) is 0 Å². The number of carbonyl (C=O) groups is 3. The summed E-state index contributed by atoms with van der Waals surface area (Å²) in [7, 11) is 7.25. The Bertz CT molecular complexity index is 1030. The van der Waals surface area contributed by atoms with Crippen molar-refractivity contribution >= 4 is 17.7 Å². The summed E-state index contributed by atoms with van der Waals surface area (Å²) in [6.07, 6.45) is -2.12. The number of likely N-dealkylation sites (N-methyl/N-ethyl adjacent to an activating group) is 2. The Morgan fingerprint density at radius 3 is 2.38 bits per heavy atom. The van der Waals surface area contributed by atoms with Gasteiger partial charge in [0.1, 0.15) is 18.1 Å². The van der Waals surface area contributed by atoms with Crippen LogP contribution in [0.4, 0.5) is 0 Å². The number of ketones is 1. The highest BCUT2D eigenvalue weighted by atomic mass is 16.7. The summed E-state index contributed by atoms with van der Waals surface area (Å²) in [5.74, 6) is -3.51. The van der Waals surface area contributed by atoms with Crippen LogP contribution in [-0.2, 0) is 38.1 Å². The molecule has 3 saturated heterocycles. The molecule has 5 unspecified atom stereocenters. The molecule has 3 aliphatic rings. The number of hydrogen-bond donors (Lipinski definition) is 3. The smallest absolute Gasteiger partial charge is 0.316 e. The van der Waals surface area contributed by atoms with Gasteiger partial charge in [0.05, 0.1) is 24.2 Å². The number of hydrogen-bond acceptors (Lipinski definition) is 12. The second-order valence-electron chi connectivity index (χ2n) is 14.2. The first kappa shape index (κ1) is 37.8. The Morgan fingerprint density at radius 1 is 1.13 bits per heavy atom. The predicted octanol–water partition coefficient (Wildman–Crippen LogP) is 1.91. The minimum atomic E-state index is -1.12. The summed E-state index contributed by atoms with van der Waals surface area (Å²) >= 11 is 0. The van der Waals surface area contributed by atoms with E-state index in [0.717, 1.165) is 0 Å². The molecule has 0 aromatic heterocycles. The highest BCUT2D eigenvalue weighted by Crippen LogP contribution is 2.41. The van der Waals surface area contributed by atoms with Gasteiger partial charge in [-0.15, -0.1) is 0 Å². The van der Waals surface area contributed by atoms with Gasteiger partial charge in [-0.3, -0.25) is 14.4 Å². The maximum absolute atomic E-state index is 14.1. The van der Waals surface area contributed by atoms with Crippen molar-refractivity contribution in [3.63, 3.8) is 0 Å². The van der Waals surface area contributed by atoms with Crippen molar-refractivity contribution in [3.8, 4) is 0 Å². The van der Waals surface area contributed by atoms with Gasteiger partial charge < -0.3 is 44.3 Å². The predicted molar refractivity (Wildman–Crippen MR) is 168 cm³/mol. The lowest BCUT2D eigenvalue weighted by molar-refractivity contribution is -0.296. The number of nitrogens with zero attached hydrogens (tertiary/aromatic N) is 1. The molecule has 0 saturated carbocycles. The van der Waals surface area contributed by atoms with Gasteiger partial charge >= 0.3 is 11.9 Å². The molecule has 0 bridgehead atoms. The highest BCUT2D eigenvalue weighted by Gasteiger charge is 2.55. The van der Waals surface area contributed by atoms with Gasteiger partial charge in [0, 0.05) is 37.6 Å². The third-order valence-electron chi connectivity index (χ3n) is 10.5. The largest absolute Gasteiger partial charge is 0.458 e. The monoisotopic (exact) mass is 641 g/mol. The van der Waals surface area contributed by atoms with Gasteiger partial charge in [-0.05, 0) is 80.6 Å². The zero-order chi connectivity index (χ0) is 33.9. The van der Waals surface area contributed by atoms with E-state index in [1.165, 1.54) is 6.92 Å². The SMILES string of the molecule is CC[C@H]1OC(=O)C(C)C(=O)[C@H](C)[C@@H](OC2OC(CNC)CC(N(C)C)C2O)[C@](C)(OC)C[C@@H](C)CN[C@H](C)[C@H]2CC(=O)O[C@@]21C. The molecule has 0 aromatic rings. The summed E-state index contributed by atoms with van der Waals surface area (Å²) < 4.78 is 30.9. The number of methoxy groups -OCH3 is 1. The fourth-order valence-corrected chi connectivity index (χ4v) is 7.68. The van der Waals surface area contributed by atoms with Crippen molar-refractivity contribution in [1.82, 2.24) is 15.5 Å². The van der Waals surface area contributed by atoms with E-state index in [9.17, 15) is 19.5 Å². The maximum Gasteiger partial charge on any atom is 0.316 e. The molecular weight excluding hydrogens is 582 g/mol. The van der Waals surface area contributed by atoms with E-state index >= 15 is 0 Å². The van der Waals surface area contributed by atoms with Crippen LogP contribution in [-0.4, -0.2) is 123 Å². The summed E-state index contributed by atoms with van der Waals surface area (Å²) in [6.45, 7) is 14.1. The molecule has 0 radical (unpaired) electrons. The Hall–Kier alpha value is -1.67. The minimum absolute atomic E-state index is 0.0567. The fraction of sp³-hybridized carbons (Fsp3) is 0.909. The molecule has 3 heterocycles. The number of Topliss-reactive ketones (excluding diaryl/α,β-unsaturated/α-hetero) is 1. The summed E-state index contributed by atoms with van der Waals surface area (Å²) in [5.41, 5.74) is -2.04. The van der Waals surface area contributed by atoms with Crippen molar-refractivity contribution in [3.05, 3.63) is 0 Å². The van der Waals surface area contributed by atoms with Gasteiger partial charge in [0.2, 0.25) is 0 Å². The molecule has 260 valence electrons. The second kappa shape index (κ2) is 15.5. The van der Waals surface area contributed by atoms with Crippen LogP contribution in [0.1, 0.15) is 74.1 Å². The Balaban J connectivity index is 2.03. The van der Waals surface area contributed by atoms with Crippen LogP contribution >= 0.6 is 0 Å². The van der Waals surface area contributed by atoms with Crippen LogP contribution in [0.5, 0.6) is 0 Å². The molecule has 0 spiro atoms. The lowest BCUT2D eigenvalue weighted by Crippen LogP contribution is -2.60. The lowest BCUT2D eigenvalue weighted by atomic mass is 9.78. The van der Waals surface area contributed by atoms with Gasteiger partial charge in [0.15, 0.2) is 17.7 Å². The number of aliphatic hydroxyl groups is 1. The number of carbonyl (C=O) groups excluding carboxylic acids is 3. The first-order chi connectivity index (χ1) is 21.0. The molecule has 3 rings (SSSR count). The third kappa shape index (κ3) is 8.25. The van der Waals surface area contributed by atoms with Gasteiger partial charge in [-0.2, -0.15) is 0 Å². The number of rotatable bonds is 7. The fourth-order valence-electron chi connectivity index (χ4n) is 7.68. The van der Waals surface area contributed by atoms with E-state index in [1.54, 1.807) is 14.0 Å². The van der Waals surface area contributed by atoms with Crippen LogP contribution in [0.15, 0.2) is 0 Å². The quantitative estimate of drug-likeness (QED) is 0.276. The molecule has 12 nitrogen and oxygen atoms in total. The van der Waals surface area contributed by atoms with Crippen molar-refractivity contribution in [1.29, 1.82) is 0 Å². The summed E-state index contributed by atoms with van der Waals surface area (Å²) in [5, 5.41) is 18.2. The average molecular weight is 642 g/mol. The van der Waals surface area contributed by atoms with Gasteiger partial charge in [-0.1, -0.05) is 20.8 Å². The molecule has 3 fully saturated rings. The molecule has 0 amide bonds. The number of nitrogens with one attached hydrogen (secondary N) is 2. The molecule has 12 heteroatoms. The molecule has 0 aliphatic carbocycles. The molecular formula is C33H59N3O9. The van der Waals surface area contributed by atoms with Crippen molar-refractivity contribution in [2.75, 3.05) is 41.3 Å². The van der Waals surface area contributed by atoms with E-state index in [1.807, 2.05) is 53.7 Å². The second-order valence-corrected chi connectivity index (χ2v) is 14.2. The zero-order valence-corrected chi connectivity index (χ0v) is 29.3. The van der Waals surface area contributed by atoms with Gasteiger partial charge in [0.25, 0.3) is 0 Å². The molecule has 13 atom stereocenters. The normalized spacial score (nSPS) is 44.1. The molecule has 3 aliphatic heterocycles. The van der Waals surface area contributed by atoms with Crippen LogP contribution in [0.25, 0.3) is 0 Å². The van der Waals surface area contributed by atoms with E-state index in [2.05, 4.69) is 17.6 Å². The van der Waals surface area contributed by atoms with Crippen molar-refractivity contribution in [2.24, 2.45) is 23.7 Å². The first-order valence-corrected chi connectivity index (χ1v) is 16.6. The topological polar surface area (TPSA) is 145 Å². The average Bonchev–Trinajstić information content (AvgIpc) is 3.31. The number of aliphatic hydroxyl groups excluding tert-OH is 1. The van der Waals surface area contributed by atoms with E-state index in [0.29, 0.717) is 32.4 Å². The minimum Gasteiger partial charge on any atom is -0.458 e. The lowest BCUT2D eigenvalue weighted by Gasteiger charge is -2.47.